The lowest BCUT2D eigenvalue weighted by molar-refractivity contribution is -0.135. The normalized spacial score (nSPS) is 16.2. The SMILES string of the molecule is CCCCCCCCCCCCCCC(=O)N1CCCCC1CNC(=O)C(N)CCCCN.Cl.Cl. The minimum absolute atomic E-state index is 0. The van der Waals surface area contributed by atoms with E-state index in [2.05, 4.69) is 12.2 Å². The molecule has 1 rings (SSSR count). The van der Waals surface area contributed by atoms with Gasteiger partial charge in [0, 0.05) is 25.6 Å². The fraction of sp³-hybridized carbons (Fsp3) is 0.926. The van der Waals surface area contributed by atoms with Crippen LogP contribution in [-0.2, 0) is 9.59 Å². The lowest BCUT2D eigenvalue weighted by Crippen LogP contribution is -2.51. The standard InChI is InChI=1S/C27H54N4O2.2ClH/c1-2-3-4-5-6-7-8-9-10-11-12-13-20-26(32)31-22-17-15-18-24(31)23-30-27(33)25(29)19-14-16-21-28;;/h24-25H,2-23,28-29H2,1H3,(H,30,33);2*1H. The Kier molecular flexibility index (Phi) is 26.2. The van der Waals surface area contributed by atoms with Gasteiger partial charge in [0.1, 0.15) is 0 Å². The molecule has 1 fully saturated rings. The summed E-state index contributed by atoms with van der Waals surface area (Å²) >= 11 is 0. The van der Waals surface area contributed by atoms with E-state index in [0.29, 0.717) is 25.9 Å². The van der Waals surface area contributed by atoms with Gasteiger partial charge in [-0.05, 0) is 45.1 Å². The lowest BCUT2D eigenvalue weighted by atomic mass is 10.00. The summed E-state index contributed by atoms with van der Waals surface area (Å²) in [6, 6.07) is -0.367. The largest absolute Gasteiger partial charge is 0.353 e. The van der Waals surface area contributed by atoms with Crippen molar-refractivity contribution in [3.63, 3.8) is 0 Å². The van der Waals surface area contributed by atoms with E-state index in [1.165, 1.54) is 64.2 Å². The van der Waals surface area contributed by atoms with Crippen LogP contribution in [0.3, 0.4) is 0 Å². The molecule has 210 valence electrons. The number of hydrogen-bond donors (Lipinski definition) is 3. The van der Waals surface area contributed by atoms with Gasteiger partial charge >= 0.3 is 0 Å². The quantitative estimate of drug-likeness (QED) is 0.168. The fourth-order valence-electron chi connectivity index (χ4n) is 4.79. The molecule has 5 N–H and O–H groups in total. The van der Waals surface area contributed by atoms with Crippen LogP contribution in [0.4, 0.5) is 0 Å². The van der Waals surface area contributed by atoms with E-state index >= 15 is 0 Å². The van der Waals surface area contributed by atoms with Crippen LogP contribution in [0.2, 0.25) is 0 Å². The maximum Gasteiger partial charge on any atom is 0.236 e. The summed E-state index contributed by atoms with van der Waals surface area (Å²) in [4.78, 5) is 27.1. The molecule has 0 bridgehead atoms. The van der Waals surface area contributed by atoms with Gasteiger partial charge < -0.3 is 21.7 Å². The molecule has 0 aromatic carbocycles. The number of piperidine rings is 1. The van der Waals surface area contributed by atoms with E-state index in [0.717, 1.165) is 51.5 Å². The van der Waals surface area contributed by atoms with Crippen LogP contribution >= 0.6 is 24.8 Å². The van der Waals surface area contributed by atoms with Crippen molar-refractivity contribution in [2.24, 2.45) is 11.5 Å². The predicted molar refractivity (Wildman–Crippen MR) is 153 cm³/mol. The van der Waals surface area contributed by atoms with Gasteiger partial charge in [-0.3, -0.25) is 9.59 Å². The van der Waals surface area contributed by atoms with Crippen molar-refractivity contribution < 1.29 is 9.59 Å². The maximum absolute atomic E-state index is 12.8. The van der Waals surface area contributed by atoms with E-state index < -0.39 is 6.04 Å². The number of amides is 2. The smallest absolute Gasteiger partial charge is 0.236 e. The average Bonchev–Trinajstić information content (AvgIpc) is 2.83. The van der Waals surface area contributed by atoms with Gasteiger partial charge in [0.25, 0.3) is 0 Å². The Morgan fingerprint density at radius 1 is 0.857 bits per heavy atom. The first-order chi connectivity index (χ1) is 16.1. The minimum Gasteiger partial charge on any atom is -0.353 e. The monoisotopic (exact) mass is 538 g/mol. The maximum atomic E-state index is 12.8. The Hall–Kier alpha value is -0.560. The number of likely N-dealkylation sites (tertiary alicyclic amines) is 1. The molecule has 0 aromatic rings. The summed E-state index contributed by atoms with van der Waals surface area (Å²) in [5.74, 6) is 0.152. The van der Waals surface area contributed by atoms with E-state index in [9.17, 15) is 9.59 Å². The molecule has 0 aromatic heterocycles. The number of carbonyl (C=O) groups is 2. The Morgan fingerprint density at radius 3 is 2.00 bits per heavy atom. The van der Waals surface area contributed by atoms with E-state index in [1.54, 1.807) is 0 Å². The van der Waals surface area contributed by atoms with E-state index in [-0.39, 0.29) is 42.7 Å². The van der Waals surface area contributed by atoms with Gasteiger partial charge in [-0.15, -0.1) is 24.8 Å². The van der Waals surface area contributed by atoms with E-state index in [1.807, 2.05) is 4.90 Å². The first-order valence-electron chi connectivity index (χ1n) is 14.1. The number of rotatable bonds is 20. The number of halogens is 2. The lowest BCUT2D eigenvalue weighted by Gasteiger charge is -2.36. The molecule has 0 radical (unpaired) electrons. The van der Waals surface area contributed by atoms with Crippen LogP contribution < -0.4 is 16.8 Å². The molecule has 0 spiro atoms. The molecule has 1 saturated heterocycles. The molecule has 35 heavy (non-hydrogen) atoms. The molecule has 1 heterocycles. The van der Waals surface area contributed by atoms with Crippen molar-refractivity contribution in [1.82, 2.24) is 10.2 Å². The van der Waals surface area contributed by atoms with Crippen LogP contribution in [0, 0.1) is 0 Å². The summed E-state index contributed by atoms with van der Waals surface area (Å²) in [5, 5.41) is 2.99. The molecule has 1 aliphatic rings. The Balaban J connectivity index is 0. The molecule has 2 unspecified atom stereocenters. The van der Waals surface area contributed by atoms with Crippen LogP contribution in [0.1, 0.15) is 129 Å². The number of hydrogen-bond acceptors (Lipinski definition) is 4. The highest BCUT2D eigenvalue weighted by Gasteiger charge is 2.27. The fourth-order valence-corrected chi connectivity index (χ4v) is 4.79. The predicted octanol–water partition coefficient (Wildman–Crippen LogP) is 5.87. The third kappa shape index (κ3) is 18.4. The van der Waals surface area contributed by atoms with Crippen LogP contribution in [-0.4, -0.2) is 48.4 Å². The summed E-state index contributed by atoms with van der Waals surface area (Å²) in [7, 11) is 0. The highest BCUT2D eigenvalue weighted by atomic mass is 35.5. The molecule has 0 aliphatic carbocycles. The van der Waals surface area contributed by atoms with Crippen molar-refractivity contribution in [3.05, 3.63) is 0 Å². The second-order valence-electron chi connectivity index (χ2n) is 10.0. The Labute approximate surface area is 228 Å². The second-order valence-corrected chi connectivity index (χ2v) is 10.0. The molecular weight excluding hydrogens is 483 g/mol. The number of unbranched alkanes of at least 4 members (excludes halogenated alkanes) is 12. The van der Waals surface area contributed by atoms with Crippen LogP contribution in [0.25, 0.3) is 0 Å². The average molecular weight is 540 g/mol. The van der Waals surface area contributed by atoms with Crippen LogP contribution in [0.15, 0.2) is 0 Å². The minimum atomic E-state index is -0.481. The summed E-state index contributed by atoms with van der Waals surface area (Å²) in [6.07, 6.45) is 21.9. The molecular formula is C27H56Cl2N4O2. The second kappa shape index (κ2) is 25.1. The molecule has 1 aliphatic heterocycles. The number of nitrogens with zero attached hydrogens (tertiary/aromatic N) is 1. The number of carbonyl (C=O) groups excluding carboxylic acids is 2. The number of nitrogens with one attached hydrogen (secondary N) is 1. The zero-order valence-corrected chi connectivity index (χ0v) is 24.1. The zero-order valence-electron chi connectivity index (χ0n) is 22.4. The summed E-state index contributed by atoms with van der Waals surface area (Å²) < 4.78 is 0. The third-order valence-corrected chi connectivity index (χ3v) is 7.01. The first kappa shape index (κ1) is 36.6. The van der Waals surface area contributed by atoms with Gasteiger partial charge in [-0.1, -0.05) is 84.0 Å². The first-order valence-corrected chi connectivity index (χ1v) is 14.1. The van der Waals surface area contributed by atoms with Gasteiger partial charge in [-0.25, -0.2) is 0 Å². The van der Waals surface area contributed by atoms with Crippen molar-refractivity contribution in [2.75, 3.05) is 19.6 Å². The Morgan fingerprint density at radius 2 is 1.43 bits per heavy atom. The van der Waals surface area contributed by atoms with Crippen molar-refractivity contribution in [2.45, 2.75) is 141 Å². The van der Waals surface area contributed by atoms with Gasteiger partial charge in [-0.2, -0.15) is 0 Å². The summed E-state index contributed by atoms with van der Waals surface area (Å²) in [5.41, 5.74) is 11.5. The van der Waals surface area contributed by atoms with Crippen molar-refractivity contribution >= 4 is 36.6 Å². The molecule has 0 saturated carbocycles. The third-order valence-electron chi connectivity index (χ3n) is 7.01. The van der Waals surface area contributed by atoms with Gasteiger partial charge in [0.2, 0.25) is 11.8 Å². The highest BCUT2D eigenvalue weighted by molar-refractivity contribution is 5.85. The van der Waals surface area contributed by atoms with E-state index in [4.69, 9.17) is 11.5 Å². The number of nitrogens with two attached hydrogens (primary N) is 2. The van der Waals surface area contributed by atoms with Gasteiger partial charge in [0.15, 0.2) is 0 Å². The Bertz CT molecular complexity index is 512. The summed E-state index contributed by atoms with van der Waals surface area (Å²) in [6.45, 7) is 4.24. The molecule has 8 heteroatoms. The molecule has 2 amide bonds. The van der Waals surface area contributed by atoms with Crippen LogP contribution in [0.5, 0.6) is 0 Å². The zero-order chi connectivity index (χ0) is 24.2. The highest BCUT2D eigenvalue weighted by Crippen LogP contribution is 2.19. The van der Waals surface area contributed by atoms with Crippen molar-refractivity contribution in [3.8, 4) is 0 Å². The topological polar surface area (TPSA) is 101 Å². The van der Waals surface area contributed by atoms with Gasteiger partial charge in [0.05, 0.1) is 6.04 Å². The molecule has 2 atom stereocenters. The van der Waals surface area contributed by atoms with Crippen molar-refractivity contribution in [1.29, 1.82) is 0 Å². The molecule has 6 nitrogen and oxygen atoms in total.